The second-order valence-corrected chi connectivity index (χ2v) is 9.71. The normalized spacial score (nSPS) is 15.1. The molecule has 0 atom stereocenters. The highest BCUT2D eigenvalue weighted by atomic mass is 32.2. The molecule has 0 aromatic heterocycles. The van der Waals surface area contributed by atoms with Crippen LogP contribution in [0.15, 0.2) is 83.8 Å². The first kappa shape index (κ1) is 22.5. The lowest BCUT2D eigenvalue weighted by Gasteiger charge is -2.36. The van der Waals surface area contributed by atoms with Gasteiger partial charge in [0.25, 0.3) is 0 Å². The Hall–Kier alpha value is -2.74. The lowest BCUT2D eigenvalue weighted by atomic mass is 10.1. The van der Waals surface area contributed by atoms with Gasteiger partial charge in [0.1, 0.15) is 5.82 Å². The Morgan fingerprint density at radius 3 is 2.06 bits per heavy atom. The average Bonchev–Trinajstić information content (AvgIpc) is 2.83. The van der Waals surface area contributed by atoms with Gasteiger partial charge in [-0.15, -0.1) is 0 Å². The minimum absolute atomic E-state index is 0.220. The number of hydrogen-bond donors (Lipinski definition) is 1. The minimum atomic E-state index is -3.52. The van der Waals surface area contributed by atoms with Crippen LogP contribution in [-0.2, 0) is 10.0 Å². The van der Waals surface area contributed by atoms with Crippen LogP contribution in [0.1, 0.15) is 6.42 Å². The van der Waals surface area contributed by atoms with Crippen LogP contribution in [0.25, 0.3) is 11.1 Å². The summed E-state index contributed by atoms with van der Waals surface area (Å²) in [6.45, 7) is 4.82. The summed E-state index contributed by atoms with van der Waals surface area (Å²) in [5.74, 6) is -0.220. The van der Waals surface area contributed by atoms with Crippen LogP contribution < -0.4 is 9.62 Å². The van der Waals surface area contributed by atoms with Crippen LogP contribution in [0.3, 0.4) is 0 Å². The van der Waals surface area contributed by atoms with Crippen molar-refractivity contribution in [2.45, 2.75) is 11.3 Å². The first-order chi connectivity index (χ1) is 15.5. The molecule has 168 valence electrons. The molecule has 7 heteroatoms. The second-order valence-electron chi connectivity index (χ2n) is 7.95. The Bertz CT molecular complexity index is 1100. The smallest absolute Gasteiger partial charge is 0.240 e. The fraction of sp³-hybridized carbons (Fsp3) is 0.280. The van der Waals surface area contributed by atoms with Gasteiger partial charge in [0.15, 0.2) is 0 Å². The standard InChI is InChI=1S/C25H28FN3O2S/c26-23-9-11-24(12-10-23)29-19-17-28(18-20-29)16-4-15-27-32(30,31)25-13-7-22(8-14-25)21-5-2-1-3-6-21/h1-3,5-14,27H,4,15-20H2. The van der Waals surface area contributed by atoms with E-state index in [0.29, 0.717) is 6.54 Å². The summed E-state index contributed by atoms with van der Waals surface area (Å²) in [7, 11) is -3.52. The summed E-state index contributed by atoms with van der Waals surface area (Å²) in [6.07, 6.45) is 0.748. The van der Waals surface area contributed by atoms with Crippen molar-refractivity contribution in [2.24, 2.45) is 0 Å². The molecule has 1 aliphatic heterocycles. The van der Waals surface area contributed by atoms with E-state index in [4.69, 9.17) is 0 Å². The van der Waals surface area contributed by atoms with E-state index in [9.17, 15) is 12.8 Å². The van der Waals surface area contributed by atoms with Crippen LogP contribution >= 0.6 is 0 Å². The lowest BCUT2D eigenvalue weighted by Crippen LogP contribution is -2.47. The van der Waals surface area contributed by atoms with Crippen LogP contribution in [0, 0.1) is 5.82 Å². The molecule has 0 bridgehead atoms. The molecule has 1 saturated heterocycles. The maximum atomic E-state index is 13.1. The lowest BCUT2D eigenvalue weighted by molar-refractivity contribution is 0.255. The number of halogens is 1. The average molecular weight is 454 g/mol. The van der Waals surface area contributed by atoms with E-state index in [1.807, 2.05) is 54.6 Å². The number of rotatable bonds is 8. The van der Waals surface area contributed by atoms with Gasteiger partial charge in [0.2, 0.25) is 10.0 Å². The predicted molar refractivity (Wildman–Crippen MR) is 127 cm³/mol. The van der Waals surface area contributed by atoms with Crippen molar-refractivity contribution in [1.29, 1.82) is 0 Å². The van der Waals surface area contributed by atoms with Gasteiger partial charge < -0.3 is 4.90 Å². The summed E-state index contributed by atoms with van der Waals surface area (Å²) in [4.78, 5) is 4.87. The summed E-state index contributed by atoms with van der Waals surface area (Å²) in [5.41, 5.74) is 3.09. The number of hydrogen-bond acceptors (Lipinski definition) is 4. The Morgan fingerprint density at radius 2 is 1.41 bits per heavy atom. The number of benzene rings is 3. The van der Waals surface area contributed by atoms with Gasteiger partial charge in [-0.1, -0.05) is 42.5 Å². The van der Waals surface area contributed by atoms with Gasteiger partial charge in [-0.3, -0.25) is 4.90 Å². The molecule has 1 N–H and O–H groups in total. The minimum Gasteiger partial charge on any atom is -0.369 e. The molecular weight excluding hydrogens is 425 g/mol. The second kappa shape index (κ2) is 10.3. The fourth-order valence-corrected chi connectivity index (χ4v) is 5.01. The molecule has 32 heavy (non-hydrogen) atoms. The van der Waals surface area contributed by atoms with Crippen molar-refractivity contribution >= 4 is 15.7 Å². The van der Waals surface area contributed by atoms with Crippen LogP contribution in [0.4, 0.5) is 10.1 Å². The molecule has 4 rings (SSSR count). The molecule has 0 saturated carbocycles. The van der Waals surface area contributed by atoms with Crippen molar-refractivity contribution in [2.75, 3.05) is 44.2 Å². The molecule has 3 aromatic rings. The number of sulfonamides is 1. The largest absolute Gasteiger partial charge is 0.369 e. The van der Waals surface area contributed by atoms with E-state index < -0.39 is 10.0 Å². The maximum absolute atomic E-state index is 13.1. The number of piperazine rings is 1. The molecular formula is C25H28FN3O2S. The van der Waals surface area contributed by atoms with Gasteiger partial charge in [-0.25, -0.2) is 17.5 Å². The Balaban J connectivity index is 1.21. The Morgan fingerprint density at radius 1 is 0.781 bits per heavy atom. The summed E-state index contributed by atoms with van der Waals surface area (Å²) >= 11 is 0. The molecule has 0 radical (unpaired) electrons. The third kappa shape index (κ3) is 5.73. The highest BCUT2D eigenvalue weighted by Gasteiger charge is 2.18. The van der Waals surface area contributed by atoms with Crippen molar-refractivity contribution in [3.63, 3.8) is 0 Å². The van der Waals surface area contributed by atoms with E-state index in [1.54, 1.807) is 12.1 Å². The van der Waals surface area contributed by atoms with Crippen molar-refractivity contribution < 1.29 is 12.8 Å². The van der Waals surface area contributed by atoms with Crippen molar-refractivity contribution in [1.82, 2.24) is 9.62 Å². The van der Waals surface area contributed by atoms with E-state index in [-0.39, 0.29) is 10.7 Å². The third-order valence-corrected chi connectivity index (χ3v) is 7.26. The Labute approximate surface area is 189 Å². The van der Waals surface area contributed by atoms with Gasteiger partial charge in [-0.05, 0) is 60.5 Å². The van der Waals surface area contributed by atoms with Crippen molar-refractivity contribution in [3.05, 3.63) is 84.7 Å². The zero-order valence-electron chi connectivity index (χ0n) is 18.0. The van der Waals surface area contributed by atoms with Crippen LogP contribution in [0.2, 0.25) is 0 Å². The quantitative estimate of drug-likeness (QED) is 0.524. The van der Waals surface area contributed by atoms with Crippen LogP contribution in [0.5, 0.6) is 0 Å². The zero-order valence-corrected chi connectivity index (χ0v) is 18.8. The van der Waals surface area contributed by atoms with Gasteiger partial charge >= 0.3 is 0 Å². The molecule has 0 spiro atoms. The van der Waals surface area contributed by atoms with E-state index in [2.05, 4.69) is 14.5 Å². The number of nitrogens with zero attached hydrogens (tertiary/aromatic N) is 2. The van der Waals surface area contributed by atoms with E-state index in [1.165, 1.54) is 12.1 Å². The summed E-state index contributed by atoms with van der Waals surface area (Å²) < 4.78 is 41.0. The monoisotopic (exact) mass is 453 g/mol. The molecule has 1 fully saturated rings. The topological polar surface area (TPSA) is 52.7 Å². The Kier molecular flexibility index (Phi) is 7.19. The molecule has 0 unspecified atom stereocenters. The third-order valence-electron chi connectivity index (χ3n) is 5.78. The number of anilines is 1. The number of nitrogens with one attached hydrogen (secondary N) is 1. The van der Waals surface area contributed by atoms with Gasteiger partial charge in [0, 0.05) is 38.4 Å². The van der Waals surface area contributed by atoms with E-state index in [0.717, 1.165) is 56.0 Å². The van der Waals surface area contributed by atoms with Crippen LogP contribution in [-0.4, -0.2) is 52.6 Å². The fourth-order valence-electron chi connectivity index (χ4n) is 3.93. The maximum Gasteiger partial charge on any atom is 0.240 e. The van der Waals surface area contributed by atoms with Crippen molar-refractivity contribution in [3.8, 4) is 11.1 Å². The predicted octanol–water partition coefficient (Wildman–Crippen LogP) is 3.98. The highest BCUT2D eigenvalue weighted by molar-refractivity contribution is 7.89. The van der Waals surface area contributed by atoms with E-state index >= 15 is 0 Å². The molecule has 0 amide bonds. The SMILES string of the molecule is O=S(=O)(NCCCN1CCN(c2ccc(F)cc2)CC1)c1ccc(-c2ccccc2)cc1. The highest BCUT2D eigenvalue weighted by Crippen LogP contribution is 2.21. The van der Waals surface area contributed by atoms with Gasteiger partial charge in [0.05, 0.1) is 4.90 Å². The summed E-state index contributed by atoms with van der Waals surface area (Å²) in [6, 6.07) is 23.5. The molecule has 1 heterocycles. The first-order valence-electron chi connectivity index (χ1n) is 10.9. The zero-order chi connectivity index (χ0) is 22.4. The molecule has 1 aliphatic rings. The first-order valence-corrected chi connectivity index (χ1v) is 12.4. The molecule has 3 aromatic carbocycles. The summed E-state index contributed by atoms with van der Waals surface area (Å²) in [5, 5.41) is 0. The molecule has 0 aliphatic carbocycles. The molecule has 5 nitrogen and oxygen atoms in total. The van der Waals surface area contributed by atoms with Gasteiger partial charge in [-0.2, -0.15) is 0 Å².